The van der Waals surface area contributed by atoms with Gasteiger partial charge in [0.2, 0.25) is 10.8 Å². The maximum Gasteiger partial charge on any atom is 0.411 e. The number of amides is 8. The molecule has 0 spiro atoms. The van der Waals surface area contributed by atoms with Crippen LogP contribution in [0.5, 0.6) is 0 Å². The van der Waals surface area contributed by atoms with Gasteiger partial charge in [0.15, 0.2) is 0 Å². The van der Waals surface area contributed by atoms with Crippen LogP contribution >= 0.6 is 0 Å². The molecule has 8 amide bonds. The van der Waals surface area contributed by atoms with Crippen molar-refractivity contribution in [2.45, 2.75) is 48.4 Å². The number of esters is 2. The summed E-state index contributed by atoms with van der Waals surface area (Å²) in [5.74, 6) is -14.1. The van der Waals surface area contributed by atoms with Crippen LogP contribution in [-0.4, -0.2) is 121 Å². The van der Waals surface area contributed by atoms with E-state index < -0.39 is 192 Å². The summed E-state index contributed by atoms with van der Waals surface area (Å²) < 4.78 is 197. The Labute approximate surface area is 483 Å². The molecule has 4 heterocycles. The van der Waals surface area contributed by atoms with Crippen molar-refractivity contribution >= 4 is 76.3 Å². The van der Waals surface area contributed by atoms with E-state index in [2.05, 4.69) is 0 Å². The van der Waals surface area contributed by atoms with Gasteiger partial charge in [0.25, 0.3) is 47.3 Å². The highest BCUT2D eigenvalue weighted by Gasteiger charge is 2.74. The first-order chi connectivity index (χ1) is 41.3. The number of halogens is 12. The number of alkyl halides is 12. The topological polar surface area (TPSA) is 251 Å². The predicted octanol–water partition coefficient (Wildman–Crippen LogP) is 8.87. The van der Waals surface area contributed by atoms with Gasteiger partial charge in [-0.3, -0.25) is 43.7 Å². The monoisotopic (exact) mass is 1240 g/mol. The standard InChI is InChI=1S/C58H34F12N4O14/c59-55(60,61)53(56(62,63)64,28-6-10-35-39(21-28)44(78)71-43(35)77)29-8-12-37-41(23-29)49(83)73(46(37)80)33-19-27(52(86)88-17-3-15-76)20-34(25-33)74-47(81)38-13-9-31(24-42(38)50(74)84)54(57(65,66)67,58(68,69)70)30-7-11-36-40(22-30)48(82)72(45(36)79)32-5-1-4-26(18-32)51(85)87-16-2-14-75/h1,4-13,18-25,75-76H,2-3,14-17H2,(H,71,77,78). The molecule has 0 radical (unpaired) electrons. The highest BCUT2D eigenvalue weighted by Crippen LogP contribution is 2.59. The van der Waals surface area contributed by atoms with Crippen molar-refractivity contribution in [3.8, 4) is 0 Å². The number of fused-ring (bicyclic) bond motifs is 4. The number of aliphatic hydroxyl groups excluding tert-OH is 2. The molecule has 30 heteroatoms. The van der Waals surface area contributed by atoms with Crippen molar-refractivity contribution in [2.24, 2.45) is 0 Å². The molecule has 18 nitrogen and oxygen atoms in total. The van der Waals surface area contributed by atoms with Gasteiger partial charge in [0.1, 0.15) is 0 Å². The summed E-state index contributed by atoms with van der Waals surface area (Å²) in [5, 5.41) is 20.0. The molecule has 4 aliphatic rings. The van der Waals surface area contributed by atoms with Gasteiger partial charge in [-0.05, 0) is 107 Å². The van der Waals surface area contributed by atoms with Gasteiger partial charge in [-0.15, -0.1) is 0 Å². The summed E-state index contributed by atoms with van der Waals surface area (Å²) in [4.78, 5) is 136. The summed E-state index contributed by atoms with van der Waals surface area (Å²) in [6.45, 7) is -1.75. The molecule has 0 unspecified atom stereocenters. The van der Waals surface area contributed by atoms with E-state index in [9.17, 15) is 53.1 Å². The summed E-state index contributed by atoms with van der Waals surface area (Å²) in [5.41, 5.74) is -27.8. The lowest BCUT2D eigenvalue weighted by molar-refractivity contribution is -0.290. The first kappa shape index (κ1) is 61.0. The molecule has 0 atom stereocenters. The number of hydrogen-bond acceptors (Lipinski definition) is 14. The smallest absolute Gasteiger partial charge is 0.411 e. The number of carbonyl (C=O) groups excluding carboxylic acids is 10. The van der Waals surface area contributed by atoms with E-state index in [0.717, 1.165) is 12.1 Å². The number of anilines is 3. The van der Waals surface area contributed by atoms with E-state index in [0.29, 0.717) is 47.4 Å². The molecule has 10 rings (SSSR count). The minimum atomic E-state index is -6.47. The maximum atomic E-state index is 15.8. The minimum Gasteiger partial charge on any atom is -0.462 e. The Morgan fingerprint density at radius 1 is 0.375 bits per heavy atom. The molecule has 88 heavy (non-hydrogen) atoms. The minimum absolute atomic E-state index is 0.0319. The van der Waals surface area contributed by atoms with Gasteiger partial charge in [0, 0.05) is 26.1 Å². The Morgan fingerprint density at radius 3 is 1.07 bits per heavy atom. The zero-order chi connectivity index (χ0) is 64.1. The molecule has 0 aromatic heterocycles. The molecule has 6 aromatic carbocycles. The van der Waals surface area contributed by atoms with E-state index >= 15 is 52.7 Å². The van der Waals surface area contributed by atoms with Crippen molar-refractivity contribution in [1.29, 1.82) is 0 Å². The van der Waals surface area contributed by atoms with Crippen molar-refractivity contribution < 1.29 is 120 Å². The molecule has 0 aliphatic carbocycles. The predicted molar refractivity (Wildman–Crippen MR) is 274 cm³/mol. The van der Waals surface area contributed by atoms with Crippen LogP contribution in [-0.2, 0) is 20.3 Å². The van der Waals surface area contributed by atoms with Crippen LogP contribution in [0.3, 0.4) is 0 Å². The molecular formula is C58H34F12N4O14. The average molecular weight is 1240 g/mol. The van der Waals surface area contributed by atoms with Crippen LogP contribution in [0.1, 0.15) is 139 Å². The second-order valence-electron chi connectivity index (χ2n) is 19.9. The molecule has 4 aliphatic heterocycles. The summed E-state index contributed by atoms with van der Waals surface area (Å²) in [7, 11) is 0. The number of aliphatic hydroxyl groups is 2. The molecule has 0 fully saturated rings. The Hall–Kier alpha value is -10.1. The highest BCUT2D eigenvalue weighted by atomic mass is 19.4. The van der Waals surface area contributed by atoms with Crippen LogP contribution in [0.2, 0.25) is 0 Å². The number of rotatable bonds is 15. The van der Waals surface area contributed by atoms with Crippen molar-refractivity contribution in [3.05, 3.63) is 193 Å². The SMILES string of the molecule is O=C(OCCCO)c1cccc(N2C(=O)c3ccc(C(c4ccc5c(c4)C(=O)N(c4cc(C(=O)OCCCO)cc(N6C(=O)c7ccc(C(c8ccc9c(c8)C(=O)NC9=O)(C(F)(F)F)C(F)(F)F)cc7C6=O)c4)C5=O)(C(F)(F)F)C(F)(F)F)cc3C2=O)c1. The lowest BCUT2D eigenvalue weighted by atomic mass is 9.71. The highest BCUT2D eigenvalue weighted by molar-refractivity contribution is 6.37. The largest absolute Gasteiger partial charge is 0.462 e. The number of imide groups is 4. The molecule has 0 bridgehead atoms. The molecule has 454 valence electrons. The van der Waals surface area contributed by atoms with Gasteiger partial charge in [0.05, 0.1) is 85.9 Å². The normalized spacial score (nSPS) is 15.3. The first-order valence-electron chi connectivity index (χ1n) is 25.4. The van der Waals surface area contributed by atoms with E-state index in [1.165, 1.54) is 12.1 Å². The average Bonchev–Trinajstić information content (AvgIpc) is 1.04. The van der Waals surface area contributed by atoms with Crippen LogP contribution in [0.25, 0.3) is 0 Å². The van der Waals surface area contributed by atoms with Crippen LogP contribution in [0.4, 0.5) is 69.7 Å². The van der Waals surface area contributed by atoms with Crippen LogP contribution < -0.4 is 20.0 Å². The molecule has 0 saturated heterocycles. The lowest BCUT2D eigenvalue weighted by Crippen LogP contribution is -2.55. The van der Waals surface area contributed by atoms with Crippen LogP contribution in [0.15, 0.2) is 115 Å². The number of benzene rings is 6. The van der Waals surface area contributed by atoms with Crippen molar-refractivity contribution in [3.63, 3.8) is 0 Å². The molecule has 0 saturated carbocycles. The van der Waals surface area contributed by atoms with Gasteiger partial charge in [-0.1, -0.05) is 30.3 Å². The lowest BCUT2D eigenvalue weighted by Gasteiger charge is -2.38. The Morgan fingerprint density at radius 2 is 0.693 bits per heavy atom. The van der Waals surface area contributed by atoms with Crippen molar-refractivity contribution in [2.75, 3.05) is 41.1 Å². The first-order valence-corrected chi connectivity index (χ1v) is 25.4. The fourth-order valence-corrected chi connectivity index (χ4v) is 10.9. The van der Waals surface area contributed by atoms with Gasteiger partial charge < -0.3 is 19.7 Å². The number of nitrogens with one attached hydrogen (secondary N) is 1. The summed E-state index contributed by atoms with van der Waals surface area (Å²) >= 11 is 0. The Balaban J connectivity index is 1.04. The zero-order valence-corrected chi connectivity index (χ0v) is 43.9. The third-order valence-corrected chi connectivity index (χ3v) is 14.9. The van der Waals surface area contributed by atoms with E-state index in [4.69, 9.17) is 14.6 Å². The number of ether oxygens (including phenoxy) is 2. The number of nitrogens with zero attached hydrogens (tertiary/aromatic N) is 3. The third kappa shape index (κ3) is 9.31. The molecular weight excluding hydrogens is 1200 g/mol. The van der Waals surface area contributed by atoms with E-state index in [1.807, 2.05) is 0 Å². The second kappa shape index (κ2) is 21.4. The van der Waals surface area contributed by atoms with Gasteiger partial charge in [-0.2, -0.15) is 52.7 Å². The van der Waals surface area contributed by atoms with Gasteiger partial charge in [-0.25, -0.2) is 24.3 Å². The van der Waals surface area contributed by atoms with Crippen molar-refractivity contribution in [1.82, 2.24) is 5.32 Å². The summed E-state index contributed by atoms with van der Waals surface area (Å²) in [6, 6.07) is 9.46. The second-order valence-corrected chi connectivity index (χ2v) is 19.9. The fourth-order valence-electron chi connectivity index (χ4n) is 10.9. The zero-order valence-electron chi connectivity index (χ0n) is 43.9. The number of carbonyl (C=O) groups is 10. The van der Waals surface area contributed by atoms with E-state index in [1.54, 1.807) is 5.32 Å². The third-order valence-electron chi connectivity index (χ3n) is 14.9. The fraction of sp³-hybridized carbons (Fsp3) is 0.207. The molecule has 6 aromatic rings. The van der Waals surface area contributed by atoms with Gasteiger partial charge >= 0.3 is 36.6 Å². The Bertz CT molecular complexity index is 4070. The quantitative estimate of drug-likeness (QED) is 0.0376. The summed E-state index contributed by atoms with van der Waals surface area (Å²) in [6.07, 6.45) is -25.9. The number of hydrogen-bond donors (Lipinski definition) is 3. The maximum absolute atomic E-state index is 15.8. The Kier molecular flexibility index (Phi) is 14.8. The van der Waals surface area contributed by atoms with Crippen LogP contribution in [0, 0.1) is 0 Å². The molecule has 3 N–H and O–H groups in total. The van der Waals surface area contributed by atoms with E-state index in [-0.39, 0.29) is 95.6 Å².